The second-order valence-corrected chi connectivity index (χ2v) is 5.10. The van der Waals surface area contributed by atoms with Crippen molar-refractivity contribution in [2.45, 2.75) is 32.3 Å². The molecule has 0 aromatic heterocycles. The van der Waals surface area contributed by atoms with Crippen molar-refractivity contribution < 1.29 is 9.53 Å². The zero-order chi connectivity index (χ0) is 8.60. The van der Waals surface area contributed by atoms with E-state index in [2.05, 4.69) is 0 Å². The van der Waals surface area contributed by atoms with Gasteiger partial charge in [0.15, 0.2) is 0 Å². The number of hydrogen-bond acceptors (Lipinski definition) is 3. The number of carbonyl (C=O) groups is 1. The van der Waals surface area contributed by atoms with Gasteiger partial charge in [-0.05, 0) is 31.9 Å². The molecule has 0 spiro atoms. The van der Waals surface area contributed by atoms with Crippen molar-refractivity contribution in [2.24, 2.45) is 5.41 Å². The van der Waals surface area contributed by atoms with E-state index in [4.69, 9.17) is 4.74 Å². The van der Waals surface area contributed by atoms with Gasteiger partial charge in [0, 0.05) is 5.75 Å². The number of hydrogen-bond donors (Lipinski definition) is 0. The Morgan fingerprint density at radius 3 is 2.83 bits per heavy atom. The van der Waals surface area contributed by atoms with E-state index >= 15 is 0 Å². The average molecular weight is 186 g/mol. The predicted molar refractivity (Wildman–Crippen MR) is 49.2 cm³/mol. The second-order valence-electron chi connectivity index (χ2n) is 3.95. The molecule has 1 aliphatic carbocycles. The summed E-state index contributed by atoms with van der Waals surface area (Å²) in [6, 6.07) is 0. The summed E-state index contributed by atoms with van der Waals surface area (Å²) in [5, 5.41) is 0. The molecule has 68 valence electrons. The number of thioether (sulfide) groups is 1. The molecule has 1 aliphatic heterocycles. The fourth-order valence-electron chi connectivity index (χ4n) is 1.29. The first-order valence-corrected chi connectivity index (χ1v) is 5.65. The monoisotopic (exact) mass is 186 g/mol. The van der Waals surface area contributed by atoms with Crippen molar-refractivity contribution in [2.75, 3.05) is 11.5 Å². The highest BCUT2D eigenvalue weighted by Gasteiger charge is 2.47. The topological polar surface area (TPSA) is 26.3 Å². The maximum Gasteiger partial charge on any atom is 0.312 e. The van der Waals surface area contributed by atoms with Crippen LogP contribution in [-0.2, 0) is 9.53 Å². The minimum Gasteiger partial charge on any atom is -0.461 e. The number of esters is 1. The Labute approximate surface area is 77.0 Å². The summed E-state index contributed by atoms with van der Waals surface area (Å²) < 4.78 is 5.38. The maximum absolute atomic E-state index is 11.5. The summed E-state index contributed by atoms with van der Waals surface area (Å²) in [7, 11) is 0. The molecule has 1 unspecified atom stereocenters. The van der Waals surface area contributed by atoms with Gasteiger partial charge in [0.25, 0.3) is 0 Å². The highest BCUT2D eigenvalue weighted by atomic mass is 32.2. The van der Waals surface area contributed by atoms with Crippen LogP contribution in [0.2, 0.25) is 0 Å². The lowest BCUT2D eigenvalue weighted by Gasteiger charge is -2.13. The van der Waals surface area contributed by atoms with Crippen LogP contribution >= 0.6 is 11.8 Å². The lowest BCUT2D eigenvalue weighted by molar-refractivity contribution is -0.153. The minimum absolute atomic E-state index is 0.0370. The zero-order valence-corrected chi connectivity index (χ0v) is 8.15. The third kappa shape index (κ3) is 1.60. The molecule has 1 saturated heterocycles. The smallest absolute Gasteiger partial charge is 0.312 e. The molecule has 0 radical (unpaired) electrons. The van der Waals surface area contributed by atoms with E-state index in [1.54, 1.807) is 0 Å². The summed E-state index contributed by atoms with van der Waals surface area (Å²) in [4.78, 5) is 11.5. The first kappa shape index (κ1) is 8.42. The van der Waals surface area contributed by atoms with Crippen molar-refractivity contribution in [3.05, 3.63) is 0 Å². The van der Waals surface area contributed by atoms with E-state index < -0.39 is 0 Å². The van der Waals surface area contributed by atoms with Gasteiger partial charge in [-0.3, -0.25) is 4.79 Å². The van der Waals surface area contributed by atoms with Crippen molar-refractivity contribution in [3.63, 3.8) is 0 Å². The van der Waals surface area contributed by atoms with E-state index in [-0.39, 0.29) is 17.5 Å². The molecular weight excluding hydrogens is 172 g/mol. The van der Waals surface area contributed by atoms with Gasteiger partial charge in [-0.25, -0.2) is 0 Å². The van der Waals surface area contributed by atoms with Crippen LogP contribution in [0, 0.1) is 5.41 Å². The Morgan fingerprint density at radius 2 is 2.33 bits per heavy atom. The van der Waals surface area contributed by atoms with Crippen LogP contribution in [0.25, 0.3) is 0 Å². The Balaban J connectivity index is 1.82. The third-order valence-corrected chi connectivity index (χ3v) is 3.79. The van der Waals surface area contributed by atoms with Gasteiger partial charge in [0.2, 0.25) is 0 Å². The quantitative estimate of drug-likeness (QED) is 0.615. The van der Waals surface area contributed by atoms with Crippen LogP contribution in [0.3, 0.4) is 0 Å². The first-order valence-electron chi connectivity index (χ1n) is 4.49. The van der Waals surface area contributed by atoms with Gasteiger partial charge in [-0.1, -0.05) is 0 Å². The van der Waals surface area contributed by atoms with Gasteiger partial charge >= 0.3 is 5.97 Å². The van der Waals surface area contributed by atoms with Crippen molar-refractivity contribution in [1.29, 1.82) is 0 Å². The SMILES string of the molecule is CC1(C(=O)OC2CCSC2)CC1. The van der Waals surface area contributed by atoms with E-state index in [1.165, 1.54) is 0 Å². The second kappa shape index (κ2) is 2.95. The molecule has 2 aliphatic rings. The molecule has 2 nitrogen and oxygen atoms in total. The van der Waals surface area contributed by atoms with Crippen LogP contribution in [0.5, 0.6) is 0 Å². The Kier molecular flexibility index (Phi) is 2.07. The predicted octanol–water partition coefficient (Wildman–Crippen LogP) is 1.84. The molecule has 0 amide bonds. The minimum atomic E-state index is -0.104. The van der Waals surface area contributed by atoms with Gasteiger partial charge < -0.3 is 4.74 Å². The molecule has 0 N–H and O–H groups in total. The zero-order valence-electron chi connectivity index (χ0n) is 7.34. The third-order valence-electron chi connectivity index (χ3n) is 2.65. The van der Waals surface area contributed by atoms with Gasteiger partial charge in [0.1, 0.15) is 6.10 Å². The van der Waals surface area contributed by atoms with Gasteiger partial charge in [-0.15, -0.1) is 0 Å². The molecule has 1 atom stereocenters. The standard InChI is InChI=1S/C9H14O2S/c1-9(3-4-9)8(10)11-7-2-5-12-6-7/h7H,2-6H2,1H3. The number of rotatable bonds is 2. The first-order chi connectivity index (χ1) is 5.71. The Bertz CT molecular complexity index is 193. The summed E-state index contributed by atoms with van der Waals surface area (Å²) in [6.07, 6.45) is 3.30. The van der Waals surface area contributed by atoms with E-state index in [1.807, 2.05) is 18.7 Å². The molecular formula is C9H14O2S. The highest BCUT2D eigenvalue weighted by Crippen LogP contribution is 2.46. The normalized spacial score (nSPS) is 31.6. The summed E-state index contributed by atoms with van der Waals surface area (Å²) in [5.41, 5.74) is -0.104. The summed E-state index contributed by atoms with van der Waals surface area (Å²) in [6.45, 7) is 2.00. The Hall–Kier alpha value is -0.180. The average Bonchev–Trinajstić information content (AvgIpc) is 2.63. The van der Waals surface area contributed by atoms with Crippen LogP contribution in [0.1, 0.15) is 26.2 Å². The molecule has 0 bridgehead atoms. The fourth-order valence-corrected chi connectivity index (χ4v) is 2.38. The van der Waals surface area contributed by atoms with E-state index in [9.17, 15) is 4.79 Å². The largest absolute Gasteiger partial charge is 0.461 e. The van der Waals surface area contributed by atoms with Gasteiger partial charge in [-0.2, -0.15) is 11.8 Å². The highest BCUT2D eigenvalue weighted by molar-refractivity contribution is 7.99. The molecule has 3 heteroatoms. The van der Waals surface area contributed by atoms with Crippen LogP contribution in [0.4, 0.5) is 0 Å². The molecule has 2 rings (SSSR count). The van der Waals surface area contributed by atoms with Crippen molar-refractivity contribution in [3.8, 4) is 0 Å². The molecule has 0 aromatic carbocycles. The summed E-state index contributed by atoms with van der Waals surface area (Å²) >= 11 is 1.88. The van der Waals surface area contributed by atoms with Crippen LogP contribution in [0.15, 0.2) is 0 Å². The van der Waals surface area contributed by atoms with E-state index in [0.717, 1.165) is 30.8 Å². The van der Waals surface area contributed by atoms with Crippen molar-refractivity contribution >= 4 is 17.7 Å². The maximum atomic E-state index is 11.5. The number of carbonyl (C=O) groups excluding carboxylic acids is 1. The Morgan fingerprint density at radius 1 is 1.58 bits per heavy atom. The lowest BCUT2D eigenvalue weighted by atomic mass is 10.1. The lowest BCUT2D eigenvalue weighted by Crippen LogP contribution is -2.23. The number of ether oxygens (including phenoxy) is 1. The van der Waals surface area contributed by atoms with E-state index in [0.29, 0.717) is 0 Å². The molecule has 2 fully saturated rings. The molecule has 0 aromatic rings. The van der Waals surface area contributed by atoms with Gasteiger partial charge in [0.05, 0.1) is 5.41 Å². The summed E-state index contributed by atoms with van der Waals surface area (Å²) in [5.74, 6) is 2.19. The van der Waals surface area contributed by atoms with Crippen LogP contribution < -0.4 is 0 Å². The fraction of sp³-hybridized carbons (Fsp3) is 0.889. The van der Waals surface area contributed by atoms with Crippen LogP contribution in [-0.4, -0.2) is 23.6 Å². The molecule has 12 heavy (non-hydrogen) atoms. The molecule has 1 heterocycles. The molecule has 1 saturated carbocycles. The van der Waals surface area contributed by atoms with Crippen molar-refractivity contribution in [1.82, 2.24) is 0 Å².